The molecule has 0 radical (unpaired) electrons. The van der Waals surface area contributed by atoms with Gasteiger partial charge in [0.25, 0.3) is 0 Å². The van der Waals surface area contributed by atoms with Crippen molar-refractivity contribution in [2.24, 2.45) is 28.9 Å². The Morgan fingerprint density at radius 3 is 1.50 bits per heavy atom. The summed E-state index contributed by atoms with van der Waals surface area (Å²) in [5.74, 6) is -19.2. The van der Waals surface area contributed by atoms with Crippen molar-refractivity contribution < 1.29 is 107 Å². The Hall–Kier alpha value is -10.3. The molecule has 0 bridgehead atoms. The first-order valence-corrected chi connectivity index (χ1v) is 32.0. The number of nitrogens with zero attached hydrogens (tertiary/aromatic N) is 1. The van der Waals surface area contributed by atoms with Crippen molar-refractivity contribution in [2.45, 2.75) is 196 Å². The number of carbonyl (C=O) groups is 16. The second-order valence-electron chi connectivity index (χ2n) is 24.6. The number of aliphatic hydroxyl groups is 4. The van der Waals surface area contributed by atoms with E-state index in [1.807, 2.05) is 0 Å². The fourth-order valence-electron chi connectivity index (χ4n) is 9.38. The topological polar surface area (TPSA) is 672 Å². The number of aliphatic hydroxyl groups excluding tert-OH is 4. The second kappa shape index (κ2) is 43.3. The monoisotopic (exact) mass is 1430 g/mol. The van der Waals surface area contributed by atoms with Crippen LogP contribution in [0.15, 0.2) is 42.9 Å². The van der Waals surface area contributed by atoms with Gasteiger partial charge in [-0.2, -0.15) is 0 Å². The highest BCUT2D eigenvalue weighted by Crippen LogP contribution is 2.13. The lowest BCUT2D eigenvalue weighted by Gasteiger charge is -2.29. The van der Waals surface area contributed by atoms with Crippen molar-refractivity contribution in [3.05, 3.63) is 54.1 Å². The normalized spacial score (nSPS) is 15.1. The van der Waals surface area contributed by atoms with Crippen molar-refractivity contribution in [1.29, 1.82) is 0 Å². The van der Waals surface area contributed by atoms with Crippen LogP contribution in [0.25, 0.3) is 0 Å². The third kappa shape index (κ3) is 31.6. The number of unbranched alkanes of at least 4 members (excludes halogenated alkanes) is 1. The number of nitrogens with one attached hydrogen (secondary N) is 13. The minimum absolute atomic E-state index is 0.00160. The summed E-state index contributed by atoms with van der Waals surface area (Å²) in [7, 11) is 0. The molecule has 1 aromatic heterocycles. The minimum Gasteiger partial charge on any atom is -0.481 e. The molecule has 0 aliphatic carbocycles. The molecule has 2 aromatic rings. The number of aliphatic carboxylic acids is 2. The first-order chi connectivity index (χ1) is 47.3. The Kier molecular flexibility index (Phi) is 37.2. The SMILES string of the molecule is CC(C)C[C@H](NC(=O)[C@H](CC(=O)O)NC(=O)[C@H](CO)NC(=O)[C@@H](NC(=O)[C@H](Cc1ccccc1)NC(=O)[C@@H](NC(=O)CNC(=O)[C@H](CCC(N)=O)NC(=O)C(C)(C)NC(=O)[C@@H](N)Cc1c[nH]cn1)[C@@H](C)O)[C@@H](C)O)C(=O)N[C@@H](CO)C(=O)N[C@@H](CCCCN)C(=O)N[C@@H](CCC(N)=O)C(=O)O. The van der Waals surface area contributed by atoms with Gasteiger partial charge in [0.1, 0.15) is 66.0 Å². The van der Waals surface area contributed by atoms with Crippen molar-refractivity contribution >= 4 is 94.6 Å². The summed E-state index contributed by atoms with van der Waals surface area (Å²) in [5.41, 5.74) is 21.1. The molecular weight excluding hydrogens is 1340 g/mol. The lowest BCUT2D eigenvalue weighted by Crippen LogP contribution is -2.63. The zero-order chi connectivity index (χ0) is 76.4. The fourth-order valence-corrected chi connectivity index (χ4v) is 9.38. The maximum atomic E-state index is 14.2. The van der Waals surface area contributed by atoms with Crippen LogP contribution in [-0.4, -0.2) is 246 Å². The Morgan fingerprint density at radius 1 is 0.535 bits per heavy atom. The quantitative estimate of drug-likeness (QED) is 0.0274. The molecule has 0 aliphatic rings. The number of rotatable bonds is 47. The van der Waals surface area contributed by atoms with E-state index in [-0.39, 0.29) is 38.6 Å². The summed E-state index contributed by atoms with van der Waals surface area (Å²) in [4.78, 5) is 217. The molecule has 0 spiro atoms. The smallest absolute Gasteiger partial charge is 0.326 e. The Morgan fingerprint density at radius 2 is 1.00 bits per heavy atom. The number of benzene rings is 1. The van der Waals surface area contributed by atoms with Gasteiger partial charge in [-0.1, -0.05) is 44.2 Å². The minimum atomic E-state index is -2.10. The molecule has 0 aliphatic heterocycles. The number of carboxylic acid groups (broad SMARTS) is 2. The van der Waals surface area contributed by atoms with E-state index in [0.29, 0.717) is 17.7 Å². The average molecular weight is 1430 g/mol. The molecule has 101 heavy (non-hydrogen) atoms. The lowest BCUT2D eigenvalue weighted by molar-refractivity contribution is -0.143. The molecule has 0 unspecified atom stereocenters. The molecular formula is C61H96N18O22. The Balaban J connectivity index is 2.31. The highest BCUT2D eigenvalue weighted by molar-refractivity contribution is 6.00. The summed E-state index contributed by atoms with van der Waals surface area (Å²) in [6.07, 6.45) is -3.71. The Bertz CT molecular complexity index is 3170. The number of imidazole rings is 1. The molecule has 562 valence electrons. The van der Waals surface area contributed by atoms with Gasteiger partial charge in [0.2, 0.25) is 82.7 Å². The van der Waals surface area contributed by atoms with E-state index in [2.05, 4.69) is 73.8 Å². The molecule has 0 saturated heterocycles. The maximum absolute atomic E-state index is 14.2. The van der Waals surface area contributed by atoms with Gasteiger partial charge in [0, 0.05) is 31.9 Å². The van der Waals surface area contributed by atoms with Gasteiger partial charge < -0.3 is 122 Å². The fraction of sp³-hybridized carbons (Fsp3) is 0.590. The molecule has 1 aromatic carbocycles. The summed E-state index contributed by atoms with van der Waals surface area (Å²) in [6, 6.07) is -11.3. The molecule has 2 rings (SSSR count). The molecule has 14 amide bonds. The van der Waals surface area contributed by atoms with Crippen molar-refractivity contribution in [1.82, 2.24) is 73.8 Å². The summed E-state index contributed by atoms with van der Waals surface area (Å²) < 4.78 is 0. The molecule has 13 atom stereocenters. The zero-order valence-electron chi connectivity index (χ0n) is 56.7. The standard InChI is InChI=1S/C61H96N18O22/c1-29(2)20-38(52(92)74-41(26-80)55(95)69-35(14-10-11-19-62)51(91)70-37(59(99)100)16-18-44(65)85)71-53(93)40(23-46(87)88)72-56(96)42(27-81)75-58(98)48(31(4)83)78-54(94)39(21-32-12-8-7-9-13-32)73-57(97)47(30(3)82)77-45(86)25-67-50(90)36(15-17-43(64)84)76-60(101)61(5,6)79-49(89)34(63)22-33-24-66-28-68-33/h7-9,12-13,24,28-31,34-42,47-48,80-83H,10-11,14-23,25-27,62-63H2,1-6H3,(H2,64,84)(H2,65,85)(H,66,68)(H,67,90)(H,69,95)(H,70,91)(H,71,93)(H,72,96)(H,73,97)(H,74,92)(H,75,98)(H,76,101)(H,77,86)(H,78,94)(H,79,89)(H,87,88)(H,99,100)/t30-,31-,34+,35+,36+,37+,38+,39+,40+,41+,42+,47+,48+/m1/s1. The third-order valence-electron chi connectivity index (χ3n) is 15.0. The van der Waals surface area contributed by atoms with E-state index in [4.69, 9.17) is 22.9 Å². The van der Waals surface area contributed by atoms with Crippen molar-refractivity contribution in [3.63, 3.8) is 0 Å². The van der Waals surface area contributed by atoms with Crippen molar-refractivity contribution in [2.75, 3.05) is 26.3 Å². The van der Waals surface area contributed by atoms with E-state index in [9.17, 15) is 107 Å². The molecule has 1 heterocycles. The number of primary amides is 2. The van der Waals surface area contributed by atoms with Gasteiger partial charge in [-0.05, 0) is 84.2 Å². The first kappa shape index (κ1) is 86.8. The van der Waals surface area contributed by atoms with Crippen LogP contribution >= 0.6 is 0 Å². The maximum Gasteiger partial charge on any atom is 0.326 e. The van der Waals surface area contributed by atoms with Crippen LogP contribution in [0.3, 0.4) is 0 Å². The van der Waals surface area contributed by atoms with Crippen molar-refractivity contribution in [3.8, 4) is 0 Å². The molecule has 0 saturated carbocycles. The zero-order valence-corrected chi connectivity index (χ0v) is 56.7. The largest absolute Gasteiger partial charge is 0.481 e. The number of hydrogen-bond donors (Lipinski definition) is 23. The predicted octanol–water partition coefficient (Wildman–Crippen LogP) is -9.61. The molecule has 40 nitrogen and oxygen atoms in total. The average Bonchev–Trinajstić information content (AvgIpc) is 0.913. The second-order valence-corrected chi connectivity index (χ2v) is 24.6. The first-order valence-electron chi connectivity index (χ1n) is 32.0. The van der Waals surface area contributed by atoms with Crippen LogP contribution in [0, 0.1) is 5.92 Å². The number of nitrogens with two attached hydrogens (primary N) is 4. The molecule has 27 N–H and O–H groups in total. The van der Waals surface area contributed by atoms with Gasteiger partial charge in [0.15, 0.2) is 0 Å². The van der Waals surface area contributed by atoms with E-state index >= 15 is 0 Å². The number of hydrogen-bond acceptors (Lipinski definition) is 23. The van der Waals surface area contributed by atoms with Crippen LogP contribution in [0.5, 0.6) is 0 Å². The lowest BCUT2D eigenvalue weighted by atomic mass is 10.0. The van der Waals surface area contributed by atoms with Gasteiger partial charge >= 0.3 is 11.9 Å². The van der Waals surface area contributed by atoms with Crippen LogP contribution in [-0.2, 0) is 89.6 Å². The van der Waals surface area contributed by atoms with E-state index < -0.39 is 237 Å². The highest BCUT2D eigenvalue weighted by atomic mass is 16.4. The van der Waals surface area contributed by atoms with Crippen LogP contribution < -0.4 is 86.7 Å². The van der Waals surface area contributed by atoms with Crippen LogP contribution in [0.2, 0.25) is 0 Å². The number of carboxylic acids is 2. The number of aromatic nitrogens is 2. The summed E-state index contributed by atoms with van der Waals surface area (Å²) in [6.45, 7) is 4.72. The van der Waals surface area contributed by atoms with E-state index in [1.54, 1.807) is 32.0 Å². The highest BCUT2D eigenvalue weighted by Gasteiger charge is 2.39. The van der Waals surface area contributed by atoms with E-state index in [0.717, 1.165) is 13.8 Å². The van der Waals surface area contributed by atoms with E-state index in [1.165, 1.54) is 38.5 Å². The third-order valence-corrected chi connectivity index (χ3v) is 15.0. The molecule has 40 heteroatoms. The summed E-state index contributed by atoms with van der Waals surface area (Å²) in [5, 5.41) is 88.8. The van der Waals surface area contributed by atoms with Gasteiger partial charge in [-0.15, -0.1) is 0 Å². The number of H-pyrrole nitrogens is 1. The van der Waals surface area contributed by atoms with Gasteiger partial charge in [-0.25, -0.2) is 9.78 Å². The molecule has 0 fully saturated rings. The van der Waals surface area contributed by atoms with Crippen LogP contribution in [0.4, 0.5) is 0 Å². The van der Waals surface area contributed by atoms with Gasteiger partial charge in [-0.3, -0.25) is 71.9 Å². The predicted molar refractivity (Wildman–Crippen MR) is 352 cm³/mol. The van der Waals surface area contributed by atoms with Gasteiger partial charge in [0.05, 0.1) is 56.5 Å². The summed E-state index contributed by atoms with van der Waals surface area (Å²) >= 11 is 0. The number of aromatic amines is 1. The Labute approximate surface area is 579 Å². The number of amides is 14. The number of carbonyl (C=O) groups excluding carboxylic acids is 14. The van der Waals surface area contributed by atoms with Crippen LogP contribution in [0.1, 0.15) is 111 Å².